The fraction of sp³-hybridized carbons (Fsp3) is 0.917. The third-order valence-corrected chi connectivity index (χ3v) is 3.05. The fourth-order valence-corrected chi connectivity index (χ4v) is 2.01. The van der Waals surface area contributed by atoms with Crippen molar-refractivity contribution in [3.63, 3.8) is 0 Å². The van der Waals surface area contributed by atoms with E-state index in [4.69, 9.17) is 24.0 Å². The van der Waals surface area contributed by atoms with E-state index in [9.17, 15) is 4.79 Å². The first-order valence-corrected chi connectivity index (χ1v) is 6.48. The van der Waals surface area contributed by atoms with Crippen LogP contribution in [0.4, 0.5) is 0 Å². The summed E-state index contributed by atoms with van der Waals surface area (Å²) in [7, 11) is 1.27. The lowest BCUT2D eigenvalue weighted by atomic mass is 10.2. The van der Waals surface area contributed by atoms with Crippen LogP contribution in [0.15, 0.2) is 0 Å². The second-order valence-electron chi connectivity index (χ2n) is 4.62. The molecular formula is C12H20O7. The van der Waals surface area contributed by atoms with Crippen molar-refractivity contribution < 1.29 is 33.5 Å². The maximum absolute atomic E-state index is 11.4. The Balaban J connectivity index is 1.61. The van der Waals surface area contributed by atoms with E-state index in [1.807, 2.05) is 0 Å². The molecule has 0 radical (unpaired) electrons. The quantitative estimate of drug-likeness (QED) is 0.409. The van der Waals surface area contributed by atoms with Gasteiger partial charge in [-0.15, -0.1) is 0 Å². The van der Waals surface area contributed by atoms with E-state index in [2.05, 4.69) is 4.74 Å². The van der Waals surface area contributed by atoms with Gasteiger partial charge in [0.1, 0.15) is 0 Å². The first-order chi connectivity index (χ1) is 9.14. The lowest BCUT2D eigenvalue weighted by Gasteiger charge is -2.16. The van der Waals surface area contributed by atoms with E-state index < -0.39 is 18.0 Å². The summed E-state index contributed by atoms with van der Waals surface area (Å²) in [6.07, 6.45) is 2.66. The van der Waals surface area contributed by atoms with Crippen LogP contribution >= 0.6 is 0 Å². The zero-order chi connectivity index (χ0) is 13.7. The molecule has 7 heteroatoms. The minimum absolute atomic E-state index is 0.0815. The third-order valence-electron chi connectivity index (χ3n) is 3.05. The van der Waals surface area contributed by atoms with Gasteiger partial charge in [-0.05, 0) is 19.3 Å². The van der Waals surface area contributed by atoms with Crippen LogP contribution in [0.5, 0.6) is 0 Å². The number of unbranched alkanes of at least 4 members (excludes halogenated alkanes) is 1. The normalized spacial score (nSPS) is 31.8. The van der Waals surface area contributed by atoms with Gasteiger partial charge in [0.05, 0.1) is 20.3 Å². The second-order valence-corrected chi connectivity index (χ2v) is 4.62. The van der Waals surface area contributed by atoms with Crippen LogP contribution in [0.25, 0.3) is 0 Å². The number of esters is 1. The summed E-state index contributed by atoms with van der Waals surface area (Å²) in [5, 5.41) is 0. The second kappa shape index (κ2) is 6.62. The number of rotatable bonds is 6. The lowest BCUT2D eigenvalue weighted by Crippen LogP contribution is -2.38. The van der Waals surface area contributed by atoms with Crippen LogP contribution in [-0.2, 0) is 33.5 Å². The number of hydrogen-bond donors (Lipinski definition) is 0. The van der Waals surface area contributed by atoms with E-state index in [1.54, 1.807) is 0 Å². The van der Waals surface area contributed by atoms with E-state index in [0.29, 0.717) is 19.6 Å². The van der Waals surface area contributed by atoms with Crippen LogP contribution in [0.3, 0.4) is 0 Å². The molecule has 0 spiro atoms. The monoisotopic (exact) mass is 276 g/mol. The van der Waals surface area contributed by atoms with Gasteiger partial charge in [-0.25, -0.2) is 9.68 Å². The Morgan fingerprint density at radius 2 is 1.84 bits per heavy atom. The van der Waals surface area contributed by atoms with Crippen molar-refractivity contribution in [2.24, 2.45) is 0 Å². The van der Waals surface area contributed by atoms with Gasteiger partial charge in [0.25, 0.3) is 5.79 Å². The van der Waals surface area contributed by atoms with E-state index in [0.717, 1.165) is 19.3 Å². The van der Waals surface area contributed by atoms with Crippen LogP contribution in [-0.4, -0.2) is 44.7 Å². The molecule has 0 aromatic heterocycles. The molecule has 0 N–H and O–H groups in total. The lowest BCUT2D eigenvalue weighted by molar-refractivity contribution is -0.321. The fourth-order valence-electron chi connectivity index (χ4n) is 2.01. The van der Waals surface area contributed by atoms with Crippen molar-refractivity contribution in [1.82, 2.24) is 0 Å². The number of ether oxygens (including phenoxy) is 4. The van der Waals surface area contributed by atoms with E-state index in [-0.39, 0.29) is 6.29 Å². The molecule has 2 aliphatic rings. The van der Waals surface area contributed by atoms with Crippen LogP contribution in [0.1, 0.15) is 32.6 Å². The van der Waals surface area contributed by atoms with Crippen molar-refractivity contribution in [3.05, 3.63) is 0 Å². The van der Waals surface area contributed by atoms with Gasteiger partial charge < -0.3 is 18.9 Å². The molecule has 2 heterocycles. The third kappa shape index (κ3) is 3.87. The summed E-state index contributed by atoms with van der Waals surface area (Å²) >= 11 is 0. The maximum Gasteiger partial charge on any atom is 0.369 e. The Hall–Kier alpha value is -0.730. The van der Waals surface area contributed by atoms with E-state index >= 15 is 0 Å². The van der Waals surface area contributed by atoms with Crippen molar-refractivity contribution in [1.29, 1.82) is 0 Å². The molecule has 0 aromatic rings. The van der Waals surface area contributed by atoms with Gasteiger partial charge in [-0.3, -0.25) is 0 Å². The molecule has 0 amide bonds. The van der Waals surface area contributed by atoms with Gasteiger partial charge in [0, 0.05) is 13.3 Å². The molecule has 2 unspecified atom stereocenters. The van der Waals surface area contributed by atoms with Crippen molar-refractivity contribution in [3.8, 4) is 0 Å². The number of carbonyl (C=O) groups is 1. The number of methoxy groups -OCH3 is 1. The summed E-state index contributed by atoms with van der Waals surface area (Å²) in [6.45, 7) is 2.81. The highest BCUT2D eigenvalue weighted by molar-refractivity contribution is 5.77. The average molecular weight is 276 g/mol. The SMILES string of the molecule is COC(=O)C1(C)OOC(CCCCC2OCCO2)O1. The predicted molar refractivity (Wildman–Crippen MR) is 61.6 cm³/mol. The van der Waals surface area contributed by atoms with Gasteiger partial charge in [0.2, 0.25) is 0 Å². The smallest absolute Gasteiger partial charge is 0.369 e. The van der Waals surface area contributed by atoms with Gasteiger partial charge >= 0.3 is 5.97 Å². The minimum Gasteiger partial charge on any atom is -0.465 e. The molecule has 19 heavy (non-hydrogen) atoms. The topological polar surface area (TPSA) is 72.5 Å². The predicted octanol–water partition coefficient (Wildman–Crippen LogP) is 1.11. The first-order valence-electron chi connectivity index (χ1n) is 6.48. The number of hydrogen-bond acceptors (Lipinski definition) is 7. The molecule has 0 aliphatic carbocycles. The Kier molecular flexibility index (Phi) is 5.12. The van der Waals surface area contributed by atoms with Crippen LogP contribution in [0, 0.1) is 0 Å². The summed E-state index contributed by atoms with van der Waals surface area (Å²) in [4.78, 5) is 21.3. The Labute approximate surface area is 112 Å². The first kappa shape index (κ1) is 14.7. The Bertz CT molecular complexity index is 302. The van der Waals surface area contributed by atoms with Crippen LogP contribution < -0.4 is 0 Å². The van der Waals surface area contributed by atoms with Crippen molar-refractivity contribution in [2.45, 2.75) is 51.0 Å². The Morgan fingerprint density at radius 3 is 2.47 bits per heavy atom. The minimum atomic E-state index is -1.46. The molecule has 2 rings (SSSR count). The van der Waals surface area contributed by atoms with E-state index in [1.165, 1.54) is 14.0 Å². The molecule has 110 valence electrons. The maximum atomic E-state index is 11.4. The largest absolute Gasteiger partial charge is 0.465 e. The molecular weight excluding hydrogens is 256 g/mol. The highest BCUT2D eigenvalue weighted by atomic mass is 17.3. The van der Waals surface area contributed by atoms with Crippen molar-refractivity contribution >= 4 is 5.97 Å². The Morgan fingerprint density at radius 1 is 1.21 bits per heavy atom. The highest BCUT2D eigenvalue weighted by Crippen LogP contribution is 2.28. The van der Waals surface area contributed by atoms with Crippen LogP contribution in [0.2, 0.25) is 0 Å². The standard InChI is InChI=1S/C12H20O7/c1-12(11(13)14-2)17-10(18-19-12)6-4-3-5-9-15-7-8-16-9/h9-10H,3-8H2,1-2H3. The molecule has 2 saturated heterocycles. The van der Waals surface area contributed by atoms with Gasteiger partial charge in [-0.1, -0.05) is 0 Å². The molecule has 2 fully saturated rings. The zero-order valence-electron chi connectivity index (χ0n) is 11.3. The highest BCUT2D eigenvalue weighted by Gasteiger charge is 2.47. The summed E-state index contributed by atoms with van der Waals surface area (Å²) in [5.41, 5.74) is 0. The average Bonchev–Trinajstić information content (AvgIpc) is 3.04. The molecule has 0 bridgehead atoms. The summed E-state index contributed by atoms with van der Waals surface area (Å²) in [5.74, 6) is -2.07. The summed E-state index contributed by atoms with van der Waals surface area (Å²) < 4.78 is 20.6. The molecule has 2 atom stereocenters. The van der Waals surface area contributed by atoms with Gasteiger partial charge in [0.15, 0.2) is 12.6 Å². The van der Waals surface area contributed by atoms with Gasteiger partial charge in [-0.2, -0.15) is 4.89 Å². The molecule has 7 nitrogen and oxygen atoms in total. The molecule has 0 aromatic carbocycles. The molecule has 0 saturated carbocycles. The molecule has 2 aliphatic heterocycles. The summed E-state index contributed by atoms with van der Waals surface area (Å²) in [6, 6.07) is 0. The number of carbonyl (C=O) groups excluding carboxylic acids is 1. The zero-order valence-corrected chi connectivity index (χ0v) is 11.3. The van der Waals surface area contributed by atoms with Crippen molar-refractivity contribution in [2.75, 3.05) is 20.3 Å².